The number of piperazine rings is 1. The normalized spacial score (nSPS) is 18.1. The topological polar surface area (TPSA) is 15.3 Å². The van der Waals surface area contributed by atoms with Gasteiger partial charge in [0.05, 0.1) is 6.42 Å². The minimum Gasteiger partial charge on any atom is -0.314 e. The van der Waals surface area contributed by atoms with Gasteiger partial charge < -0.3 is 5.32 Å². The van der Waals surface area contributed by atoms with Crippen molar-refractivity contribution in [1.29, 1.82) is 0 Å². The molecule has 1 aliphatic heterocycles. The van der Waals surface area contributed by atoms with Gasteiger partial charge in [-0.25, -0.2) is 0 Å². The highest BCUT2D eigenvalue weighted by Crippen LogP contribution is 2.41. The summed E-state index contributed by atoms with van der Waals surface area (Å²) in [6, 6.07) is 6.93. The predicted molar refractivity (Wildman–Crippen MR) is 97.2 cm³/mol. The van der Waals surface area contributed by atoms with Gasteiger partial charge in [0.1, 0.15) is 0 Å². The van der Waals surface area contributed by atoms with Gasteiger partial charge in [0.25, 0.3) is 0 Å². The number of hydrogen-bond donors (Lipinski definition) is 1. The standard InChI is InChI=1S/C17H25F3N2S.ClH/c1-16(2,3)23-15-7-5-4-6-13(15)14(12-17(18,19)20)22-10-8-21-9-11-22;/h4-7,14,21H,8-12H2,1-3H3;1H/t14-;/m1./s1. The molecular formula is C17H26ClF3N2S. The largest absolute Gasteiger partial charge is 0.390 e. The summed E-state index contributed by atoms with van der Waals surface area (Å²) in [5.74, 6) is 0. The summed E-state index contributed by atoms with van der Waals surface area (Å²) >= 11 is 1.64. The summed E-state index contributed by atoms with van der Waals surface area (Å²) in [6.45, 7) is 9.02. The van der Waals surface area contributed by atoms with E-state index in [9.17, 15) is 13.2 Å². The number of rotatable bonds is 4. The Kier molecular flexibility index (Phi) is 7.91. The van der Waals surface area contributed by atoms with Crippen LogP contribution in [0.5, 0.6) is 0 Å². The fourth-order valence-electron chi connectivity index (χ4n) is 2.83. The van der Waals surface area contributed by atoms with Crippen LogP contribution in [-0.4, -0.2) is 42.0 Å². The van der Waals surface area contributed by atoms with Gasteiger partial charge in [0.2, 0.25) is 0 Å². The monoisotopic (exact) mass is 382 g/mol. The van der Waals surface area contributed by atoms with E-state index in [-0.39, 0.29) is 17.2 Å². The molecule has 1 saturated heterocycles. The van der Waals surface area contributed by atoms with Crippen molar-refractivity contribution in [2.45, 2.75) is 49.1 Å². The van der Waals surface area contributed by atoms with E-state index < -0.39 is 18.6 Å². The molecule has 0 bridgehead atoms. The van der Waals surface area contributed by atoms with Crippen LogP contribution < -0.4 is 5.32 Å². The number of nitrogens with zero attached hydrogens (tertiary/aromatic N) is 1. The molecule has 1 fully saturated rings. The van der Waals surface area contributed by atoms with Crippen LogP contribution >= 0.6 is 24.2 Å². The van der Waals surface area contributed by atoms with Gasteiger partial charge >= 0.3 is 6.18 Å². The molecule has 2 nitrogen and oxygen atoms in total. The first-order valence-electron chi connectivity index (χ1n) is 7.95. The number of thioether (sulfide) groups is 1. The molecule has 24 heavy (non-hydrogen) atoms. The molecule has 0 spiro atoms. The molecule has 0 radical (unpaired) electrons. The van der Waals surface area contributed by atoms with Crippen LogP contribution in [0, 0.1) is 0 Å². The van der Waals surface area contributed by atoms with Crippen molar-refractivity contribution in [3.05, 3.63) is 29.8 Å². The van der Waals surface area contributed by atoms with E-state index in [0.29, 0.717) is 13.1 Å². The van der Waals surface area contributed by atoms with Gasteiger partial charge in [0, 0.05) is 41.9 Å². The van der Waals surface area contributed by atoms with Crippen LogP contribution in [0.1, 0.15) is 38.8 Å². The number of alkyl halides is 3. The highest BCUT2D eigenvalue weighted by atomic mass is 35.5. The molecule has 1 atom stereocenters. The molecule has 0 aliphatic carbocycles. The second kappa shape index (κ2) is 8.79. The number of hydrogen-bond acceptors (Lipinski definition) is 3. The minimum atomic E-state index is -4.17. The smallest absolute Gasteiger partial charge is 0.314 e. The van der Waals surface area contributed by atoms with Crippen molar-refractivity contribution >= 4 is 24.2 Å². The van der Waals surface area contributed by atoms with Gasteiger partial charge in [-0.05, 0) is 11.6 Å². The third-order valence-corrected chi connectivity index (χ3v) is 4.92. The Hall–Kier alpha value is -0.430. The van der Waals surface area contributed by atoms with Crippen LogP contribution in [0.4, 0.5) is 13.2 Å². The van der Waals surface area contributed by atoms with E-state index in [0.717, 1.165) is 23.5 Å². The molecule has 0 unspecified atom stereocenters. The van der Waals surface area contributed by atoms with Gasteiger partial charge in [-0.2, -0.15) is 13.2 Å². The van der Waals surface area contributed by atoms with Crippen molar-refractivity contribution in [2.24, 2.45) is 0 Å². The highest BCUT2D eigenvalue weighted by Gasteiger charge is 2.37. The van der Waals surface area contributed by atoms with E-state index in [1.54, 1.807) is 11.8 Å². The Morgan fingerprint density at radius 3 is 2.25 bits per heavy atom. The first-order valence-corrected chi connectivity index (χ1v) is 8.77. The summed E-state index contributed by atoms with van der Waals surface area (Å²) in [6.07, 6.45) is -4.97. The first kappa shape index (κ1) is 21.6. The van der Waals surface area contributed by atoms with E-state index in [4.69, 9.17) is 0 Å². The second-order valence-electron chi connectivity index (χ2n) is 6.87. The molecule has 2 rings (SSSR count). The van der Waals surface area contributed by atoms with Crippen molar-refractivity contribution in [2.75, 3.05) is 26.2 Å². The van der Waals surface area contributed by atoms with Crippen molar-refractivity contribution in [1.82, 2.24) is 10.2 Å². The molecular weight excluding hydrogens is 357 g/mol. The molecule has 1 aliphatic rings. The Morgan fingerprint density at radius 1 is 1.12 bits per heavy atom. The highest BCUT2D eigenvalue weighted by molar-refractivity contribution is 8.00. The molecule has 1 N–H and O–H groups in total. The Balaban J connectivity index is 0.00000288. The molecule has 138 valence electrons. The summed E-state index contributed by atoms with van der Waals surface area (Å²) in [4.78, 5) is 2.92. The Labute approximate surface area is 153 Å². The maximum absolute atomic E-state index is 13.2. The van der Waals surface area contributed by atoms with Crippen LogP contribution in [0.15, 0.2) is 29.2 Å². The molecule has 1 aromatic rings. The second-order valence-corrected chi connectivity index (χ2v) is 8.74. The van der Waals surface area contributed by atoms with Gasteiger partial charge in [-0.3, -0.25) is 4.90 Å². The number of halogens is 4. The number of benzene rings is 1. The van der Waals surface area contributed by atoms with Crippen LogP contribution in [-0.2, 0) is 0 Å². The average Bonchev–Trinajstić information content (AvgIpc) is 2.44. The Bertz CT molecular complexity index is 511. The molecule has 0 amide bonds. The lowest BCUT2D eigenvalue weighted by Crippen LogP contribution is -2.46. The van der Waals surface area contributed by atoms with Gasteiger partial charge in [-0.1, -0.05) is 39.0 Å². The lowest BCUT2D eigenvalue weighted by atomic mass is 10.0. The summed E-state index contributed by atoms with van der Waals surface area (Å²) < 4.78 is 39.5. The van der Waals surface area contributed by atoms with Crippen molar-refractivity contribution in [3.63, 3.8) is 0 Å². The zero-order valence-corrected chi connectivity index (χ0v) is 16.0. The lowest BCUT2D eigenvalue weighted by molar-refractivity contribution is -0.149. The maximum atomic E-state index is 13.2. The zero-order valence-electron chi connectivity index (χ0n) is 14.3. The van der Waals surface area contributed by atoms with Crippen molar-refractivity contribution in [3.8, 4) is 0 Å². The summed E-state index contributed by atoms with van der Waals surface area (Å²) in [5, 5.41) is 3.21. The molecule has 1 heterocycles. The van der Waals surface area contributed by atoms with Crippen LogP contribution in [0.25, 0.3) is 0 Å². The van der Waals surface area contributed by atoms with Gasteiger partial charge in [-0.15, -0.1) is 24.2 Å². The van der Waals surface area contributed by atoms with E-state index in [1.165, 1.54) is 0 Å². The molecule has 0 aromatic heterocycles. The fourth-order valence-corrected chi connectivity index (χ4v) is 3.96. The minimum absolute atomic E-state index is 0. The molecule has 7 heteroatoms. The summed E-state index contributed by atoms with van der Waals surface area (Å²) in [7, 11) is 0. The summed E-state index contributed by atoms with van der Waals surface area (Å²) in [5.41, 5.74) is 0.798. The van der Waals surface area contributed by atoms with Crippen LogP contribution in [0.2, 0.25) is 0 Å². The van der Waals surface area contributed by atoms with E-state index >= 15 is 0 Å². The van der Waals surface area contributed by atoms with E-state index in [1.807, 2.05) is 29.2 Å². The predicted octanol–water partition coefficient (Wildman–Crippen LogP) is 4.90. The first-order chi connectivity index (χ1) is 10.7. The average molecular weight is 383 g/mol. The SMILES string of the molecule is CC(C)(C)Sc1ccccc1[C@@H](CC(F)(F)F)N1CCNCC1.Cl. The molecule has 1 aromatic carbocycles. The third-order valence-electron chi connectivity index (χ3n) is 3.71. The van der Waals surface area contributed by atoms with E-state index in [2.05, 4.69) is 26.1 Å². The van der Waals surface area contributed by atoms with Gasteiger partial charge in [0.15, 0.2) is 0 Å². The number of nitrogens with one attached hydrogen (secondary N) is 1. The maximum Gasteiger partial charge on any atom is 0.390 e. The molecule has 0 saturated carbocycles. The van der Waals surface area contributed by atoms with Crippen LogP contribution in [0.3, 0.4) is 0 Å². The quantitative estimate of drug-likeness (QED) is 0.746. The zero-order chi connectivity index (χ0) is 17.1. The fraction of sp³-hybridized carbons (Fsp3) is 0.647. The lowest BCUT2D eigenvalue weighted by Gasteiger charge is -2.37. The van der Waals surface area contributed by atoms with Crippen molar-refractivity contribution < 1.29 is 13.2 Å². The Morgan fingerprint density at radius 2 is 1.71 bits per heavy atom. The third kappa shape index (κ3) is 6.82.